The summed E-state index contributed by atoms with van der Waals surface area (Å²) in [5, 5.41) is 11.3. The summed E-state index contributed by atoms with van der Waals surface area (Å²) < 4.78 is 0. The topological polar surface area (TPSA) is 20.2 Å². The predicted molar refractivity (Wildman–Crippen MR) is 75.9 cm³/mol. The van der Waals surface area contributed by atoms with Crippen LogP contribution >= 0.6 is 11.6 Å². The van der Waals surface area contributed by atoms with Crippen molar-refractivity contribution in [3.63, 3.8) is 0 Å². The van der Waals surface area contributed by atoms with Crippen LogP contribution in [-0.4, -0.2) is 5.11 Å². The summed E-state index contributed by atoms with van der Waals surface area (Å²) in [6.07, 6.45) is 0.599. The van der Waals surface area contributed by atoms with E-state index in [-0.39, 0.29) is 0 Å². The Hall–Kier alpha value is -1.31. The zero-order valence-electron chi connectivity index (χ0n) is 10.7. The van der Waals surface area contributed by atoms with Crippen molar-refractivity contribution < 1.29 is 5.11 Å². The van der Waals surface area contributed by atoms with Crippen LogP contribution in [0.3, 0.4) is 0 Å². The fourth-order valence-electron chi connectivity index (χ4n) is 2.09. The molecular formula is C16H17ClO. The van der Waals surface area contributed by atoms with Gasteiger partial charge in [0.15, 0.2) is 0 Å². The largest absolute Gasteiger partial charge is 0.385 e. The Morgan fingerprint density at radius 3 is 2.28 bits per heavy atom. The summed E-state index contributed by atoms with van der Waals surface area (Å²) in [6, 6.07) is 15.5. The van der Waals surface area contributed by atoms with Gasteiger partial charge in [-0.05, 0) is 42.7 Å². The Morgan fingerprint density at radius 1 is 1.06 bits per heavy atom. The molecule has 2 heteroatoms. The molecule has 0 aliphatic rings. The van der Waals surface area contributed by atoms with Gasteiger partial charge in [-0.1, -0.05) is 48.0 Å². The van der Waals surface area contributed by atoms with E-state index in [0.717, 1.165) is 11.1 Å². The molecule has 0 aromatic heterocycles. The number of aliphatic hydroxyl groups is 1. The quantitative estimate of drug-likeness (QED) is 0.881. The molecule has 0 amide bonds. The van der Waals surface area contributed by atoms with E-state index < -0.39 is 5.60 Å². The minimum absolute atomic E-state index is 0.599. The van der Waals surface area contributed by atoms with Gasteiger partial charge >= 0.3 is 0 Å². The molecule has 0 spiro atoms. The summed E-state index contributed by atoms with van der Waals surface area (Å²) in [4.78, 5) is 0. The minimum Gasteiger partial charge on any atom is -0.385 e. The van der Waals surface area contributed by atoms with Gasteiger partial charge in [-0.25, -0.2) is 0 Å². The van der Waals surface area contributed by atoms with Gasteiger partial charge in [0, 0.05) is 11.4 Å². The molecule has 2 aromatic rings. The summed E-state index contributed by atoms with van der Waals surface area (Å²) in [5.41, 5.74) is 2.37. The standard InChI is InChI=1S/C16H17ClO/c1-12-5-3-4-6-13(12)11-16(2,18)14-7-9-15(17)10-8-14/h3-10,18H,11H2,1-2H3. The Labute approximate surface area is 113 Å². The predicted octanol–water partition coefficient (Wildman–Crippen LogP) is 4.10. The van der Waals surface area contributed by atoms with Crippen LogP contribution in [0, 0.1) is 6.92 Å². The smallest absolute Gasteiger partial charge is 0.0908 e. The Balaban J connectivity index is 2.27. The molecule has 0 saturated carbocycles. The molecule has 2 rings (SSSR count). The van der Waals surface area contributed by atoms with Gasteiger partial charge in [0.1, 0.15) is 0 Å². The van der Waals surface area contributed by atoms with Crippen LogP contribution in [0.1, 0.15) is 23.6 Å². The molecule has 1 unspecified atom stereocenters. The second-order valence-corrected chi connectivity index (χ2v) is 5.32. The number of benzene rings is 2. The summed E-state index contributed by atoms with van der Waals surface area (Å²) >= 11 is 5.87. The van der Waals surface area contributed by atoms with Gasteiger partial charge in [-0.15, -0.1) is 0 Å². The first-order chi connectivity index (χ1) is 8.49. The first-order valence-corrected chi connectivity index (χ1v) is 6.40. The van der Waals surface area contributed by atoms with E-state index in [1.54, 1.807) is 0 Å². The first-order valence-electron chi connectivity index (χ1n) is 6.02. The normalized spacial score (nSPS) is 14.2. The zero-order chi connectivity index (χ0) is 13.2. The number of hydrogen-bond acceptors (Lipinski definition) is 1. The van der Waals surface area contributed by atoms with Crippen molar-refractivity contribution in [2.75, 3.05) is 0 Å². The molecule has 0 bridgehead atoms. The van der Waals surface area contributed by atoms with Gasteiger partial charge in [-0.3, -0.25) is 0 Å². The van der Waals surface area contributed by atoms with Gasteiger partial charge in [0.2, 0.25) is 0 Å². The van der Waals surface area contributed by atoms with Crippen molar-refractivity contribution in [1.29, 1.82) is 0 Å². The lowest BCUT2D eigenvalue weighted by molar-refractivity contribution is 0.0575. The lowest BCUT2D eigenvalue weighted by Gasteiger charge is -2.25. The molecular weight excluding hydrogens is 244 g/mol. The van der Waals surface area contributed by atoms with Crippen molar-refractivity contribution in [2.45, 2.75) is 25.9 Å². The molecule has 1 N–H and O–H groups in total. The van der Waals surface area contributed by atoms with Crippen LogP contribution in [0.2, 0.25) is 5.02 Å². The molecule has 1 nitrogen and oxygen atoms in total. The van der Waals surface area contributed by atoms with Crippen molar-refractivity contribution in [1.82, 2.24) is 0 Å². The third-order valence-electron chi connectivity index (χ3n) is 3.26. The average molecular weight is 261 g/mol. The Morgan fingerprint density at radius 2 is 1.67 bits per heavy atom. The first kappa shape index (κ1) is 13.1. The number of hydrogen-bond donors (Lipinski definition) is 1. The van der Waals surface area contributed by atoms with E-state index >= 15 is 0 Å². The van der Waals surface area contributed by atoms with Crippen LogP contribution in [0.25, 0.3) is 0 Å². The molecule has 0 radical (unpaired) electrons. The number of rotatable bonds is 3. The van der Waals surface area contributed by atoms with E-state index in [1.807, 2.05) is 43.3 Å². The highest BCUT2D eigenvalue weighted by Gasteiger charge is 2.23. The summed E-state index contributed by atoms with van der Waals surface area (Å²) in [5.74, 6) is 0. The monoisotopic (exact) mass is 260 g/mol. The zero-order valence-corrected chi connectivity index (χ0v) is 11.4. The van der Waals surface area contributed by atoms with Crippen molar-refractivity contribution >= 4 is 11.6 Å². The maximum atomic E-state index is 10.6. The second-order valence-electron chi connectivity index (χ2n) is 4.88. The fraction of sp³-hybridized carbons (Fsp3) is 0.250. The summed E-state index contributed by atoms with van der Waals surface area (Å²) in [6.45, 7) is 3.90. The van der Waals surface area contributed by atoms with Crippen LogP contribution in [0.15, 0.2) is 48.5 Å². The van der Waals surface area contributed by atoms with E-state index in [0.29, 0.717) is 11.4 Å². The van der Waals surface area contributed by atoms with Crippen molar-refractivity contribution in [3.8, 4) is 0 Å². The second kappa shape index (κ2) is 5.13. The molecule has 0 aliphatic heterocycles. The molecule has 0 heterocycles. The third kappa shape index (κ3) is 2.92. The number of halogens is 1. The van der Waals surface area contributed by atoms with Crippen LogP contribution in [0.5, 0.6) is 0 Å². The molecule has 1 atom stereocenters. The van der Waals surface area contributed by atoms with E-state index in [9.17, 15) is 5.11 Å². The fourth-order valence-corrected chi connectivity index (χ4v) is 2.22. The molecule has 2 aromatic carbocycles. The van der Waals surface area contributed by atoms with Gasteiger partial charge in [-0.2, -0.15) is 0 Å². The maximum Gasteiger partial charge on any atom is 0.0908 e. The lowest BCUT2D eigenvalue weighted by Crippen LogP contribution is -2.24. The van der Waals surface area contributed by atoms with Crippen molar-refractivity contribution in [3.05, 3.63) is 70.2 Å². The highest BCUT2D eigenvalue weighted by Crippen LogP contribution is 2.27. The highest BCUT2D eigenvalue weighted by atomic mass is 35.5. The van der Waals surface area contributed by atoms with Gasteiger partial charge < -0.3 is 5.11 Å². The van der Waals surface area contributed by atoms with E-state index in [4.69, 9.17) is 11.6 Å². The maximum absolute atomic E-state index is 10.6. The van der Waals surface area contributed by atoms with Crippen LogP contribution in [0.4, 0.5) is 0 Å². The Kier molecular flexibility index (Phi) is 3.74. The molecule has 0 fully saturated rings. The van der Waals surface area contributed by atoms with Crippen molar-refractivity contribution in [2.24, 2.45) is 0 Å². The third-order valence-corrected chi connectivity index (χ3v) is 3.51. The molecule has 0 saturated heterocycles. The van der Waals surface area contributed by atoms with Crippen LogP contribution in [-0.2, 0) is 12.0 Å². The molecule has 18 heavy (non-hydrogen) atoms. The van der Waals surface area contributed by atoms with E-state index in [1.165, 1.54) is 5.56 Å². The molecule has 94 valence electrons. The lowest BCUT2D eigenvalue weighted by atomic mass is 9.88. The molecule has 0 aliphatic carbocycles. The Bertz CT molecular complexity index is 529. The minimum atomic E-state index is -0.878. The van der Waals surface area contributed by atoms with Gasteiger partial charge in [0.05, 0.1) is 5.60 Å². The van der Waals surface area contributed by atoms with Crippen LogP contribution < -0.4 is 0 Å². The van der Waals surface area contributed by atoms with E-state index in [2.05, 4.69) is 19.1 Å². The SMILES string of the molecule is Cc1ccccc1CC(C)(O)c1ccc(Cl)cc1. The highest BCUT2D eigenvalue weighted by molar-refractivity contribution is 6.30. The van der Waals surface area contributed by atoms with Gasteiger partial charge in [0.25, 0.3) is 0 Å². The summed E-state index contributed by atoms with van der Waals surface area (Å²) in [7, 11) is 0. The number of aryl methyl sites for hydroxylation is 1. The average Bonchev–Trinajstić information content (AvgIpc) is 2.32.